The van der Waals surface area contributed by atoms with Crippen LogP contribution in [0.25, 0.3) is 11.0 Å². The molecule has 4 nitrogen and oxygen atoms in total. The molecule has 17 heavy (non-hydrogen) atoms. The second kappa shape index (κ2) is 5.21. The first-order valence-corrected chi connectivity index (χ1v) is 5.74. The van der Waals surface area contributed by atoms with Crippen molar-refractivity contribution < 1.29 is 9.52 Å². The van der Waals surface area contributed by atoms with E-state index >= 15 is 0 Å². The van der Waals surface area contributed by atoms with Gasteiger partial charge >= 0.3 is 5.63 Å². The summed E-state index contributed by atoms with van der Waals surface area (Å²) in [5.74, 6) is 0.190. The summed E-state index contributed by atoms with van der Waals surface area (Å²) in [7, 11) is 0. The van der Waals surface area contributed by atoms with Crippen molar-refractivity contribution >= 4 is 28.3 Å². The Morgan fingerprint density at radius 3 is 2.94 bits per heavy atom. The fourth-order valence-corrected chi connectivity index (χ4v) is 1.58. The molecule has 2 N–H and O–H groups in total. The van der Waals surface area contributed by atoms with Crippen molar-refractivity contribution in [1.82, 2.24) is 0 Å². The predicted octanol–water partition coefficient (Wildman–Crippen LogP) is 1.80. The highest BCUT2D eigenvalue weighted by Crippen LogP contribution is 2.17. The number of rotatable bonds is 4. The topological polar surface area (TPSA) is 62.5 Å². The van der Waals surface area contributed by atoms with Crippen LogP contribution in [0.15, 0.2) is 39.5 Å². The van der Waals surface area contributed by atoms with Crippen LogP contribution in [0.1, 0.15) is 0 Å². The van der Waals surface area contributed by atoms with Gasteiger partial charge in [-0.05, 0) is 24.3 Å². The molecule has 0 fully saturated rings. The summed E-state index contributed by atoms with van der Waals surface area (Å²) in [5.41, 5.74) is 1.02. The van der Waals surface area contributed by atoms with Crippen molar-refractivity contribution in [2.24, 2.45) is 0 Å². The average molecular weight is 254 g/mol. The molecule has 0 saturated carbocycles. The average Bonchev–Trinajstić information content (AvgIpc) is 2.35. The number of benzene rings is 1. The Labute approximate surface area is 103 Å². The first kappa shape index (κ1) is 12.0. The van der Waals surface area contributed by atoms with Crippen molar-refractivity contribution in [3.8, 4) is 0 Å². The maximum Gasteiger partial charge on any atom is 0.336 e. The Morgan fingerprint density at radius 2 is 2.18 bits per heavy atom. The fraction of sp³-hybridized carbons (Fsp3) is 0.250. The molecule has 0 radical (unpaired) electrons. The third-order valence-corrected chi connectivity index (χ3v) is 2.70. The fourth-order valence-electron chi connectivity index (χ4n) is 1.47. The molecule has 0 bridgehead atoms. The summed E-state index contributed by atoms with van der Waals surface area (Å²) in [6, 6.07) is 8.42. The molecule has 0 aliphatic rings. The summed E-state index contributed by atoms with van der Waals surface area (Å²) >= 11 is 5.49. The van der Waals surface area contributed by atoms with Gasteiger partial charge in [-0.1, -0.05) is 0 Å². The lowest BCUT2D eigenvalue weighted by atomic mass is 10.2. The number of halogens is 1. The summed E-state index contributed by atoms with van der Waals surface area (Å²) < 4.78 is 5.01. The molecule has 0 aliphatic heterocycles. The molecular weight excluding hydrogens is 242 g/mol. The first-order chi connectivity index (χ1) is 8.19. The number of hydrogen-bond donors (Lipinski definition) is 2. The summed E-state index contributed by atoms with van der Waals surface area (Å²) in [6.45, 7) is 0.381. The summed E-state index contributed by atoms with van der Waals surface area (Å²) in [5, 5.41) is 13.2. The molecule has 1 heterocycles. The van der Waals surface area contributed by atoms with E-state index in [0.717, 1.165) is 11.1 Å². The molecule has 1 aromatic carbocycles. The predicted molar refractivity (Wildman–Crippen MR) is 67.7 cm³/mol. The van der Waals surface area contributed by atoms with E-state index in [1.54, 1.807) is 18.2 Å². The molecule has 90 valence electrons. The van der Waals surface area contributed by atoms with Crippen LogP contribution in [0.3, 0.4) is 0 Å². The number of aliphatic hydroxyl groups excluding tert-OH is 1. The van der Waals surface area contributed by atoms with Crippen molar-refractivity contribution in [1.29, 1.82) is 0 Å². The Bertz CT molecular complexity index is 567. The van der Waals surface area contributed by atoms with E-state index in [4.69, 9.17) is 16.0 Å². The molecular formula is C12H12ClNO3. The Balaban J connectivity index is 2.20. The smallest absolute Gasteiger partial charge is 0.336 e. The van der Waals surface area contributed by atoms with Crippen LogP contribution in [-0.4, -0.2) is 23.6 Å². The van der Waals surface area contributed by atoms with Gasteiger partial charge in [0.15, 0.2) is 0 Å². The monoisotopic (exact) mass is 253 g/mol. The Hall–Kier alpha value is -1.52. The number of aliphatic hydroxyl groups is 1. The van der Waals surface area contributed by atoms with E-state index < -0.39 is 6.10 Å². The van der Waals surface area contributed by atoms with Crippen LogP contribution >= 0.6 is 11.6 Å². The highest BCUT2D eigenvalue weighted by molar-refractivity contribution is 6.18. The third kappa shape index (κ3) is 2.99. The van der Waals surface area contributed by atoms with Gasteiger partial charge in [-0.25, -0.2) is 4.79 Å². The van der Waals surface area contributed by atoms with Gasteiger partial charge in [-0.15, -0.1) is 11.6 Å². The van der Waals surface area contributed by atoms with E-state index in [-0.39, 0.29) is 11.5 Å². The van der Waals surface area contributed by atoms with Gasteiger partial charge in [-0.2, -0.15) is 0 Å². The minimum atomic E-state index is -0.582. The van der Waals surface area contributed by atoms with Crippen molar-refractivity contribution in [2.75, 3.05) is 17.7 Å². The van der Waals surface area contributed by atoms with Crippen LogP contribution < -0.4 is 10.9 Å². The van der Waals surface area contributed by atoms with Crippen molar-refractivity contribution in [2.45, 2.75) is 6.10 Å². The van der Waals surface area contributed by atoms with Crippen molar-refractivity contribution in [3.63, 3.8) is 0 Å². The van der Waals surface area contributed by atoms with E-state index in [0.29, 0.717) is 12.1 Å². The second-order valence-electron chi connectivity index (χ2n) is 3.70. The molecule has 0 aliphatic carbocycles. The first-order valence-electron chi connectivity index (χ1n) is 5.21. The van der Waals surface area contributed by atoms with Crippen molar-refractivity contribution in [3.05, 3.63) is 40.8 Å². The minimum Gasteiger partial charge on any atom is -0.423 e. The molecule has 1 aromatic heterocycles. The third-order valence-electron chi connectivity index (χ3n) is 2.34. The highest BCUT2D eigenvalue weighted by atomic mass is 35.5. The van der Waals surface area contributed by atoms with Crippen LogP contribution in [0.4, 0.5) is 5.69 Å². The SMILES string of the molecule is O=c1ccc2cc(NCC(O)CCl)ccc2o1. The molecule has 2 aromatic rings. The number of alkyl halides is 1. The van der Waals surface area contributed by atoms with Gasteiger partial charge in [0.05, 0.1) is 12.0 Å². The molecule has 0 saturated heterocycles. The largest absolute Gasteiger partial charge is 0.423 e. The zero-order valence-corrected chi connectivity index (χ0v) is 9.78. The minimum absolute atomic E-state index is 0.190. The quantitative estimate of drug-likeness (QED) is 0.644. The van der Waals surface area contributed by atoms with E-state index in [9.17, 15) is 9.90 Å². The summed E-state index contributed by atoms with van der Waals surface area (Å²) in [4.78, 5) is 11.0. The van der Waals surface area contributed by atoms with Gasteiger partial charge in [0.1, 0.15) is 5.58 Å². The molecule has 1 atom stereocenters. The molecule has 0 amide bonds. The molecule has 5 heteroatoms. The number of nitrogens with one attached hydrogen (secondary N) is 1. The lowest BCUT2D eigenvalue weighted by molar-refractivity contribution is 0.211. The zero-order chi connectivity index (χ0) is 12.3. The van der Waals surface area contributed by atoms with E-state index in [1.165, 1.54) is 6.07 Å². The zero-order valence-electron chi connectivity index (χ0n) is 9.02. The van der Waals surface area contributed by atoms with Gasteiger partial charge in [0, 0.05) is 23.7 Å². The highest BCUT2D eigenvalue weighted by Gasteiger charge is 2.02. The number of anilines is 1. The molecule has 2 rings (SSSR count). The Morgan fingerprint density at radius 1 is 1.35 bits per heavy atom. The van der Waals surface area contributed by atoms with Crippen LogP contribution in [0.5, 0.6) is 0 Å². The number of fused-ring (bicyclic) bond motifs is 1. The van der Waals surface area contributed by atoms with E-state index in [1.807, 2.05) is 6.07 Å². The van der Waals surface area contributed by atoms with Crippen LogP contribution in [-0.2, 0) is 0 Å². The normalized spacial score (nSPS) is 12.6. The van der Waals surface area contributed by atoms with Crippen LogP contribution in [0.2, 0.25) is 0 Å². The van der Waals surface area contributed by atoms with Gasteiger partial charge in [0.2, 0.25) is 0 Å². The lowest BCUT2D eigenvalue weighted by Crippen LogP contribution is -2.20. The number of hydrogen-bond acceptors (Lipinski definition) is 4. The molecule has 0 spiro atoms. The maximum atomic E-state index is 11.0. The lowest BCUT2D eigenvalue weighted by Gasteiger charge is -2.10. The maximum absolute atomic E-state index is 11.0. The van der Waals surface area contributed by atoms with Gasteiger partial charge in [-0.3, -0.25) is 0 Å². The standard InChI is InChI=1S/C12H12ClNO3/c13-6-10(15)7-14-9-2-3-11-8(5-9)1-4-12(16)17-11/h1-5,10,14-15H,6-7H2. The van der Waals surface area contributed by atoms with E-state index in [2.05, 4.69) is 5.32 Å². The van der Waals surface area contributed by atoms with Crippen LogP contribution in [0, 0.1) is 0 Å². The van der Waals surface area contributed by atoms with Gasteiger partial charge in [0.25, 0.3) is 0 Å². The Kier molecular flexibility index (Phi) is 3.66. The second-order valence-corrected chi connectivity index (χ2v) is 4.00. The van der Waals surface area contributed by atoms with Gasteiger partial charge < -0.3 is 14.8 Å². The molecule has 1 unspecified atom stereocenters. The summed E-state index contributed by atoms with van der Waals surface area (Å²) in [6.07, 6.45) is -0.582.